The van der Waals surface area contributed by atoms with Gasteiger partial charge >= 0.3 is 31.2 Å². The quantitative estimate of drug-likeness (QED) is 0.459. The molecule has 76 valence electrons. The van der Waals surface area contributed by atoms with Gasteiger partial charge in [-0.2, -0.15) is 0 Å². The molecule has 0 radical (unpaired) electrons. The van der Waals surface area contributed by atoms with E-state index < -0.39 is 6.80 Å². The maximum atomic E-state index is 11.2. The van der Waals surface area contributed by atoms with Crippen LogP contribution < -0.4 is 0 Å². The van der Waals surface area contributed by atoms with Crippen LogP contribution in [0.2, 0.25) is 0 Å². The van der Waals surface area contributed by atoms with Crippen molar-refractivity contribution in [1.29, 1.82) is 0 Å². The fourth-order valence-electron chi connectivity index (χ4n) is 0.451. The second-order valence-electron chi connectivity index (χ2n) is 2.14. The van der Waals surface area contributed by atoms with Gasteiger partial charge in [-0.05, 0) is 12.8 Å². The van der Waals surface area contributed by atoms with Crippen LogP contribution in [0.3, 0.4) is 0 Å². The van der Waals surface area contributed by atoms with Crippen LogP contribution in [0.25, 0.3) is 0 Å². The minimum atomic E-state index is -3.03. The molecule has 6 heteroatoms. The van der Waals surface area contributed by atoms with E-state index in [-0.39, 0.29) is 24.4 Å². The Balaban J connectivity index is 0. The third-order valence-electron chi connectivity index (χ3n) is 0.917. The second-order valence-corrected chi connectivity index (χ2v) is 5.06. The summed E-state index contributed by atoms with van der Waals surface area (Å²) in [6.07, 6.45) is 1.64. The van der Waals surface area contributed by atoms with Crippen LogP contribution in [-0.4, -0.2) is 37.6 Å². The Bertz CT molecular complexity index is 133. The molecular formula is C6H18O3PSSb. The Hall–Kier alpha value is 1.32. The summed E-state index contributed by atoms with van der Waals surface area (Å²) in [5.74, 6) is 0. The SMILES string of the molecule is CCCOP(=O)(S)OCCC.[SbH3]. The first-order valence-electron chi connectivity index (χ1n) is 3.74. The molecule has 0 aromatic carbocycles. The first-order chi connectivity index (χ1) is 5.12. The summed E-state index contributed by atoms with van der Waals surface area (Å²) in [5.41, 5.74) is 0. The van der Waals surface area contributed by atoms with Crippen molar-refractivity contribution in [2.75, 3.05) is 13.2 Å². The van der Waals surface area contributed by atoms with E-state index in [1.54, 1.807) is 0 Å². The summed E-state index contributed by atoms with van der Waals surface area (Å²) in [5, 5.41) is 0. The fraction of sp³-hybridized carbons (Fsp3) is 1.00. The van der Waals surface area contributed by atoms with Crippen LogP contribution in [0, 0.1) is 0 Å². The van der Waals surface area contributed by atoms with Crippen LogP contribution in [0.1, 0.15) is 26.7 Å². The summed E-state index contributed by atoms with van der Waals surface area (Å²) in [7, 11) is 0. The van der Waals surface area contributed by atoms with Crippen molar-refractivity contribution in [2.24, 2.45) is 0 Å². The third kappa shape index (κ3) is 9.41. The summed E-state index contributed by atoms with van der Waals surface area (Å²) in [6.45, 7) is 1.72. The van der Waals surface area contributed by atoms with Gasteiger partial charge in [0.05, 0.1) is 13.2 Å². The van der Waals surface area contributed by atoms with Crippen LogP contribution in [0.4, 0.5) is 0 Å². The van der Waals surface area contributed by atoms with E-state index in [4.69, 9.17) is 9.05 Å². The third-order valence-corrected chi connectivity index (χ3v) is 2.63. The van der Waals surface area contributed by atoms with E-state index >= 15 is 0 Å². The summed E-state index contributed by atoms with van der Waals surface area (Å²) < 4.78 is 20.9. The van der Waals surface area contributed by atoms with Crippen molar-refractivity contribution in [1.82, 2.24) is 0 Å². The number of thiol groups is 1. The van der Waals surface area contributed by atoms with Crippen molar-refractivity contribution in [3.8, 4) is 0 Å². The monoisotopic (exact) mass is 322 g/mol. The second kappa shape index (κ2) is 8.90. The van der Waals surface area contributed by atoms with E-state index in [1.807, 2.05) is 13.8 Å². The van der Waals surface area contributed by atoms with Gasteiger partial charge in [0.2, 0.25) is 0 Å². The molecule has 3 nitrogen and oxygen atoms in total. The molecule has 0 aliphatic carbocycles. The first-order valence-corrected chi connectivity index (χ1v) is 6.43. The predicted molar refractivity (Wildman–Crippen MR) is 59.0 cm³/mol. The molecule has 0 spiro atoms. The molecule has 0 rings (SSSR count). The topological polar surface area (TPSA) is 35.5 Å². The molecule has 0 aliphatic rings. The summed E-state index contributed by atoms with van der Waals surface area (Å²) in [6, 6.07) is 0. The molecular weight excluding hydrogens is 305 g/mol. The first kappa shape index (κ1) is 15.8. The minimum absolute atomic E-state index is 0. The zero-order valence-electron chi connectivity index (χ0n) is 7.65. The Labute approximate surface area is 96.7 Å². The van der Waals surface area contributed by atoms with E-state index in [9.17, 15) is 4.57 Å². The standard InChI is InChI=1S/C6H15O3PS.Sb.3H/c1-3-5-8-10(7,11)9-6-4-2;;;;/h3-6H2,1-2H3,(H,7,11);;;;. The Morgan fingerprint density at radius 3 is 1.75 bits per heavy atom. The number of rotatable bonds is 6. The van der Waals surface area contributed by atoms with Gasteiger partial charge in [0.25, 0.3) is 0 Å². The van der Waals surface area contributed by atoms with Gasteiger partial charge in [-0.15, -0.1) is 0 Å². The van der Waals surface area contributed by atoms with Gasteiger partial charge < -0.3 is 9.05 Å². The molecule has 0 saturated carbocycles. The number of hydrogen-bond acceptors (Lipinski definition) is 3. The van der Waals surface area contributed by atoms with Gasteiger partial charge in [0, 0.05) is 0 Å². The van der Waals surface area contributed by atoms with Gasteiger partial charge in [-0.3, -0.25) is 0 Å². The van der Waals surface area contributed by atoms with Gasteiger partial charge in [0.1, 0.15) is 0 Å². The van der Waals surface area contributed by atoms with Crippen molar-refractivity contribution < 1.29 is 13.6 Å². The van der Waals surface area contributed by atoms with Crippen molar-refractivity contribution in [3.05, 3.63) is 0 Å². The van der Waals surface area contributed by atoms with Crippen LogP contribution in [0.5, 0.6) is 0 Å². The molecule has 0 aliphatic heterocycles. The molecule has 0 N–H and O–H groups in total. The van der Waals surface area contributed by atoms with Crippen LogP contribution in [0.15, 0.2) is 0 Å². The van der Waals surface area contributed by atoms with E-state index in [0.29, 0.717) is 13.2 Å². The molecule has 0 bridgehead atoms. The molecule has 0 heterocycles. The maximum absolute atomic E-state index is 11.2. The van der Waals surface area contributed by atoms with E-state index in [2.05, 4.69) is 12.2 Å². The summed E-state index contributed by atoms with van der Waals surface area (Å²) >= 11 is 3.77. The van der Waals surface area contributed by atoms with Crippen LogP contribution >= 0.6 is 19.0 Å². The van der Waals surface area contributed by atoms with E-state index in [0.717, 1.165) is 12.8 Å². The summed E-state index contributed by atoms with van der Waals surface area (Å²) in [4.78, 5) is 0. The van der Waals surface area contributed by atoms with Gasteiger partial charge in [-0.1, -0.05) is 26.1 Å². The molecule has 0 atom stereocenters. The predicted octanol–water partition coefficient (Wildman–Crippen LogP) is 1.69. The van der Waals surface area contributed by atoms with E-state index in [1.165, 1.54) is 0 Å². The normalized spacial score (nSPS) is 10.9. The molecule has 0 aromatic heterocycles. The van der Waals surface area contributed by atoms with Crippen LogP contribution in [-0.2, 0) is 13.6 Å². The van der Waals surface area contributed by atoms with Crippen molar-refractivity contribution >= 4 is 43.5 Å². The average Bonchev–Trinajstić information content (AvgIpc) is 1.97. The number of hydrogen-bond donors (Lipinski definition) is 1. The van der Waals surface area contributed by atoms with Crippen molar-refractivity contribution in [3.63, 3.8) is 0 Å². The Kier molecular flexibility index (Phi) is 11.7. The molecule has 0 aromatic rings. The molecule has 0 saturated heterocycles. The van der Waals surface area contributed by atoms with Crippen molar-refractivity contribution in [2.45, 2.75) is 26.7 Å². The Morgan fingerprint density at radius 1 is 1.17 bits per heavy atom. The molecule has 0 unspecified atom stereocenters. The van der Waals surface area contributed by atoms with Gasteiger partial charge in [-0.25, -0.2) is 4.57 Å². The molecule has 12 heavy (non-hydrogen) atoms. The molecule has 0 fully saturated rings. The zero-order chi connectivity index (χ0) is 8.74. The average molecular weight is 323 g/mol. The Morgan fingerprint density at radius 2 is 1.50 bits per heavy atom. The zero-order valence-corrected chi connectivity index (χ0v) is 13.5. The fourth-order valence-corrected chi connectivity index (χ4v) is 1.84. The van der Waals surface area contributed by atoms with Gasteiger partial charge in [0.15, 0.2) is 0 Å². The molecule has 0 amide bonds.